The zero-order chi connectivity index (χ0) is 9.40. The summed E-state index contributed by atoms with van der Waals surface area (Å²) in [7, 11) is 0. The number of carboxylic acids is 1. The van der Waals surface area contributed by atoms with Crippen molar-refractivity contribution in [3.05, 3.63) is 0 Å². The van der Waals surface area contributed by atoms with E-state index in [1.54, 1.807) is 0 Å². The van der Waals surface area contributed by atoms with Crippen LogP contribution in [-0.2, 0) is 4.79 Å². The predicted octanol–water partition coefficient (Wildman–Crippen LogP) is 0.178. The van der Waals surface area contributed by atoms with E-state index in [0.29, 0.717) is 19.5 Å². The molecule has 0 aromatic rings. The van der Waals surface area contributed by atoms with Crippen molar-refractivity contribution in [2.24, 2.45) is 5.73 Å². The third-order valence-electron chi connectivity index (χ3n) is 1.70. The van der Waals surface area contributed by atoms with Gasteiger partial charge in [0.05, 0.1) is 0 Å². The lowest BCUT2D eigenvalue weighted by Gasteiger charge is -2.11. The Morgan fingerprint density at radius 1 is 1.58 bits per heavy atom. The first-order chi connectivity index (χ1) is 5.72. The molecule has 0 unspecified atom stereocenters. The zero-order valence-corrected chi connectivity index (χ0v) is 7.55. The molecule has 0 aliphatic rings. The fourth-order valence-corrected chi connectivity index (χ4v) is 1.05. The number of nitrogens with two attached hydrogens (primary N) is 1. The minimum Gasteiger partial charge on any atom is -0.480 e. The normalized spacial score (nSPS) is 12.8. The van der Waals surface area contributed by atoms with Crippen LogP contribution in [0, 0.1) is 0 Å². The van der Waals surface area contributed by atoms with Crippen LogP contribution in [0.15, 0.2) is 0 Å². The molecule has 4 heteroatoms. The average molecular weight is 174 g/mol. The molecule has 0 fully saturated rings. The summed E-state index contributed by atoms with van der Waals surface area (Å²) in [5.41, 5.74) is 5.30. The van der Waals surface area contributed by atoms with Gasteiger partial charge in [-0.25, -0.2) is 0 Å². The lowest BCUT2D eigenvalue weighted by molar-refractivity contribution is -0.139. The minimum atomic E-state index is -0.770. The van der Waals surface area contributed by atoms with E-state index < -0.39 is 12.0 Å². The summed E-state index contributed by atoms with van der Waals surface area (Å²) in [5.74, 6) is -0.770. The van der Waals surface area contributed by atoms with E-state index in [1.165, 1.54) is 0 Å². The van der Waals surface area contributed by atoms with E-state index in [4.69, 9.17) is 10.8 Å². The highest BCUT2D eigenvalue weighted by Gasteiger charge is 2.14. The van der Waals surface area contributed by atoms with Crippen LogP contribution in [0.25, 0.3) is 0 Å². The molecule has 4 N–H and O–H groups in total. The Hall–Kier alpha value is -0.610. The molecule has 0 saturated carbocycles. The van der Waals surface area contributed by atoms with Crippen LogP contribution in [0.3, 0.4) is 0 Å². The molecule has 0 aromatic heterocycles. The lowest BCUT2D eigenvalue weighted by Crippen LogP contribution is -2.36. The second-order valence-corrected chi connectivity index (χ2v) is 2.73. The van der Waals surface area contributed by atoms with Crippen LogP contribution in [0.2, 0.25) is 0 Å². The molecule has 0 saturated heterocycles. The Labute approximate surface area is 73.1 Å². The molecule has 0 aliphatic carbocycles. The average Bonchev–Trinajstić information content (AvgIpc) is 2.03. The maximum absolute atomic E-state index is 10.6. The lowest BCUT2D eigenvalue weighted by atomic mass is 10.1. The van der Waals surface area contributed by atoms with Crippen LogP contribution in [0.5, 0.6) is 0 Å². The smallest absolute Gasteiger partial charge is 0.320 e. The largest absolute Gasteiger partial charge is 0.480 e. The topological polar surface area (TPSA) is 75.3 Å². The van der Waals surface area contributed by atoms with Crippen molar-refractivity contribution in [2.75, 3.05) is 13.1 Å². The maximum Gasteiger partial charge on any atom is 0.320 e. The molecule has 0 heterocycles. The molecule has 0 bridgehead atoms. The molecule has 1 atom stereocenters. The van der Waals surface area contributed by atoms with Crippen molar-refractivity contribution in [3.63, 3.8) is 0 Å². The highest BCUT2D eigenvalue weighted by molar-refractivity contribution is 5.73. The Balaban J connectivity index is 3.56. The number of hydrogen-bond donors (Lipinski definition) is 3. The van der Waals surface area contributed by atoms with Crippen molar-refractivity contribution in [1.82, 2.24) is 5.32 Å². The number of carbonyl (C=O) groups is 1. The summed E-state index contributed by atoms with van der Waals surface area (Å²) < 4.78 is 0. The van der Waals surface area contributed by atoms with Crippen LogP contribution in [0.4, 0.5) is 0 Å². The number of aliphatic carboxylic acids is 1. The molecular formula is C8H18N2O2. The van der Waals surface area contributed by atoms with Gasteiger partial charge < -0.3 is 16.2 Å². The van der Waals surface area contributed by atoms with Crippen molar-refractivity contribution < 1.29 is 9.90 Å². The van der Waals surface area contributed by atoms with Crippen LogP contribution in [-0.4, -0.2) is 30.2 Å². The molecule has 0 aromatic carbocycles. The van der Waals surface area contributed by atoms with Gasteiger partial charge in [-0.2, -0.15) is 0 Å². The van der Waals surface area contributed by atoms with Gasteiger partial charge in [-0.15, -0.1) is 0 Å². The van der Waals surface area contributed by atoms with Gasteiger partial charge in [0.1, 0.15) is 6.04 Å². The number of hydrogen-bond acceptors (Lipinski definition) is 3. The van der Waals surface area contributed by atoms with Crippen molar-refractivity contribution in [2.45, 2.75) is 32.2 Å². The van der Waals surface area contributed by atoms with Crippen molar-refractivity contribution >= 4 is 5.97 Å². The first-order valence-corrected chi connectivity index (χ1v) is 4.38. The SMILES string of the molecule is CCN[C@@H](CCCCN)C(=O)O. The summed E-state index contributed by atoms with van der Waals surface area (Å²) in [6.07, 6.45) is 2.44. The highest BCUT2D eigenvalue weighted by Crippen LogP contribution is 1.99. The van der Waals surface area contributed by atoms with E-state index in [2.05, 4.69) is 5.32 Å². The van der Waals surface area contributed by atoms with E-state index in [9.17, 15) is 4.79 Å². The summed E-state index contributed by atoms with van der Waals surface area (Å²) in [6.45, 7) is 3.23. The predicted molar refractivity (Wildman–Crippen MR) is 48.0 cm³/mol. The Kier molecular flexibility index (Phi) is 6.70. The van der Waals surface area contributed by atoms with Gasteiger partial charge in [-0.1, -0.05) is 13.3 Å². The van der Waals surface area contributed by atoms with E-state index in [-0.39, 0.29) is 0 Å². The van der Waals surface area contributed by atoms with Gasteiger partial charge in [0.2, 0.25) is 0 Å². The zero-order valence-electron chi connectivity index (χ0n) is 7.55. The van der Waals surface area contributed by atoms with Crippen LogP contribution >= 0.6 is 0 Å². The number of nitrogens with one attached hydrogen (secondary N) is 1. The minimum absolute atomic E-state index is 0.401. The van der Waals surface area contributed by atoms with E-state index >= 15 is 0 Å². The fraction of sp³-hybridized carbons (Fsp3) is 0.875. The maximum atomic E-state index is 10.6. The summed E-state index contributed by atoms with van der Waals surface area (Å²) >= 11 is 0. The van der Waals surface area contributed by atoms with Gasteiger partial charge in [-0.3, -0.25) is 4.79 Å². The summed E-state index contributed by atoms with van der Waals surface area (Å²) in [4.78, 5) is 10.6. The standard InChI is InChI=1S/C8H18N2O2/c1-2-10-7(8(11)12)5-3-4-6-9/h7,10H,2-6,9H2,1H3,(H,11,12)/t7-/m0/s1. The van der Waals surface area contributed by atoms with Crippen molar-refractivity contribution in [3.8, 4) is 0 Å². The second-order valence-electron chi connectivity index (χ2n) is 2.73. The summed E-state index contributed by atoms with van der Waals surface area (Å²) in [5, 5.41) is 11.6. The quantitative estimate of drug-likeness (QED) is 0.481. The first-order valence-electron chi connectivity index (χ1n) is 4.38. The molecule has 0 rings (SSSR count). The Morgan fingerprint density at radius 2 is 2.25 bits per heavy atom. The number of unbranched alkanes of at least 4 members (excludes halogenated alkanes) is 1. The molecular weight excluding hydrogens is 156 g/mol. The van der Waals surface area contributed by atoms with Crippen LogP contribution in [0.1, 0.15) is 26.2 Å². The highest BCUT2D eigenvalue weighted by atomic mass is 16.4. The second kappa shape index (κ2) is 7.06. The first kappa shape index (κ1) is 11.4. The van der Waals surface area contributed by atoms with Gasteiger partial charge in [0.25, 0.3) is 0 Å². The number of carboxylic acid groups (broad SMARTS) is 1. The Bertz CT molecular complexity index is 128. The third-order valence-corrected chi connectivity index (χ3v) is 1.70. The Morgan fingerprint density at radius 3 is 2.67 bits per heavy atom. The number of likely N-dealkylation sites (N-methyl/N-ethyl adjacent to an activating group) is 1. The molecule has 0 spiro atoms. The molecule has 0 aliphatic heterocycles. The van der Waals surface area contributed by atoms with Gasteiger partial charge in [-0.05, 0) is 25.9 Å². The van der Waals surface area contributed by atoms with Gasteiger partial charge in [0.15, 0.2) is 0 Å². The van der Waals surface area contributed by atoms with Gasteiger partial charge >= 0.3 is 5.97 Å². The van der Waals surface area contributed by atoms with Crippen LogP contribution < -0.4 is 11.1 Å². The van der Waals surface area contributed by atoms with Crippen molar-refractivity contribution in [1.29, 1.82) is 0 Å². The third kappa shape index (κ3) is 5.09. The molecule has 4 nitrogen and oxygen atoms in total. The molecule has 0 amide bonds. The summed E-state index contributed by atoms with van der Waals surface area (Å²) in [6, 6.07) is -0.401. The molecule has 0 radical (unpaired) electrons. The monoisotopic (exact) mass is 174 g/mol. The molecule has 72 valence electrons. The van der Waals surface area contributed by atoms with E-state index in [0.717, 1.165) is 12.8 Å². The fourth-order valence-electron chi connectivity index (χ4n) is 1.05. The van der Waals surface area contributed by atoms with E-state index in [1.807, 2.05) is 6.92 Å². The van der Waals surface area contributed by atoms with Gasteiger partial charge in [0, 0.05) is 0 Å². The number of rotatable bonds is 7. The molecule has 12 heavy (non-hydrogen) atoms.